The summed E-state index contributed by atoms with van der Waals surface area (Å²) in [7, 11) is -3.82. The third-order valence-corrected chi connectivity index (χ3v) is 5.62. The molecule has 0 saturated carbocycles. The molecule has 0 aliphatic rings. The minimum atomic E-state index is -3.82. The Morgan fingerprint density at radius 3 is 2.15 bits per heavy atom. The first-order valence-electron chi connectivity index (χ1n) is 8.19. The van der Waals surface area contributed by atoms with Gasteiger partial charge >= 0.3 is 5.97 Å². The lowest BCUT2D eigenvalue weighted by molar-refractivity contribution is -0.143. The highest BCUT2D eigenvalue weighted by atomic mass is 32.2. The number of carboxylic acids is 1. The minimum Gasteiger partial charge on any atom is -0.480 e. The van der Waals surface area contributed by atoms with Crippen LogP contribution in [0.5, 0.6) is 0 Å². The highest BCUT2D eigenvalue weighted by Gasteiger charge is 2.29. The Bertz CT molecular complexity index is 980. The maximum Gasteiger partial charge on any atom is 0.328 e. The third kappa shape index (κ3) is 4.65. The van der Waals surface area contributed by atoms with Gasteiger partial charge in [-0.25, -0.2) is 13.2 Å². The molecule has 8 heteroatoms. The normalized spacial score (nSPS) is 11.7. The first-order valence-corrected chi connectivity index (χ1v) is 9.67. The van der Waals surface area contributed by atoms with E-state index in [0.29, 0.717) is 5.69 Å². The summed E-state index contributed by atoms with van der Waals surface area (Å²) in [5, 5.41) is 11.4. The number of anilines is 1. The van der Waals surface area contributed by atoms with E-state index in [0.717, 1.165) is 11.1 Å². The quantitative estimate of drug-likeness (QED) is 0.702. The molecule has 0 saturated heterocycles. The Morgan fingerprint density at radius 1 is 1.00 bits per heavy atom. The summed E-state index contributed by atoms with van der Waals surface area (Å²) < 4.78 is 27.7. The molecule has 27 heavy (non-hydrogen) atoms. The number of carbonyl (C=O) groups excluding carboxylic acids is 1. The lowest BCUT2D eigenvalue weighted by Gasteiger charge is -2.21. The van der Waals surface area contributed by atoms with Crippen LogP contribution in [0.3, 0.4) is 0 Å². The monoisotopic (exact) mass is 390 g/mol. The molecule has 0 spiro atoms. The fourth-order valence-corrected chi connectivity index (χ4v) is 3.38. The number of nitrogens with one attached hydrogen (secondary N) is 2. The van der Waals surface area contributed by atoms with Gasteiger partial charge in [0.05, 0.1) is 10.6 Å². The van der Waals surface area contributed by atoms with E-state index in [1.165, 1.54) is 38.1 Å². The van der Waals surface area contributed by atoms with Crippen molar-refractivity contribution in [2.24, 2.45) is 0 Å². The molecular weight excluding hydrogens is 368 g/mol. The summed E-state index contributed by atoms with van der Waals surface area (Å²) in [6.07, 6.45) is 0. The van der Waals surface area contributed by atoms with Crippen LogP contribution in [0.1, 0.15) is 35.3 Å². The average molecular weight is 390 g/mol. The number of aliphatic carboxylic acids is 1. The van der Waals surface area contributed by atoms with Crippen molar-refractivity contribution in [3.8, 4) is 0 Å². The predicted molar refractivity (Wildman–Crippen MR) is 102 cm³/mol. The van der Waals surface area contributed by atoms with Crippen molar-refractivity contribution in [3.63, 3.8) is 0 Å². The van der Waals surface area contributed by atoms with Crippen molar-refractivity contribution in [2.45, 2.75) is 38.1 Å². The van der Waals surface area contributed by atoms with E-state index >= 15 is 0 Å². The van der Waals surface area contributed by atoms with Gasteiger partial charge in [0.2, 0.25) is 0 Å². The van der Waals surface area contributed by atoms with Crippen LogP contribution >= 0.6 is 0 Å². The number of benzene rings is 2. The molecule has 2 aromatic carbocycles. The van der Waals surface area contributed by atoms with Crippen molar-refractivity contribution in [1.82, 2.24) is 5.32 Å². The molecule has 2 aromatic rings. The van der Waals surface area contributed by atoms with Crippen LogP contribution in [0.15, 0.2) is 47.4 Å². The zero-order chi connectivity index (χ0) is 20.4. The summed E-state index contributed by atoms with van der Waals surface area (Å²) in [4.78, 5) is 23.3. The maximum absolute atomic E-state index is 12.6. The van der Waals surface area contributed by atoms with E-state index in [4.69, 9.17) is 5.11 Å². The van der Waals surface area contributed by atoms with Crippen LogP contribution in [-0.2, 0) is 14.8 Å². The van der Waals surface area contributed by atoms with Crippen molar-refractivity contribution >= 4 is 27.6 Å². The molecule has 3 N–H and O–H groups in total. The Morgan fingerprint density at radius 2 is 1.59 bits per heavy atom. The summed E-state index contributed by atoms with van der Waals surface area (Å²) in [6.45, 7) is 6.43. The van der Waals surface area contributed by atoms with Gasteiger partial charge in [-0.2, -0.15) is 0 Å². The molecule has 7 nitrogen and oxygen atoms in total. The van der Waals surface area contributed by atoms with Crippen LogP contribution in [0, 0.1) is 13.8 Å². The summed E-state index contributed by atoms with van der Waals surface area (Å²) in [6, 6.07) is 10.6. The van der Waals surface area contributed by atoms with Crippen molar-refractivity contribution < 1.29 is 23.1 Å². The number of carboxylic acid groups (broad SMARTS) is 1. The number of amides is 1. The average Bonchev–Trinajstić information content (AvgIpc) is 2.58. The molecule has 0 unspecified atom stereocenters. The second-order valence-electron chi connectivity index (χ2n) is 6.76. The molecule has 0 aliphatic carbocycles. The lowest BCUT2D eigenvalue weighted by atomic mass is 10.1. The third-order valence-electron chi connectivity index (χ3n) is 4.24. The lowest BCUT2D eigenvalue weighted by Crippen LogP contribution is -2.49. The van der Waals surface area contributed by atoms with E-state index < -0.39 is 27.4 Å². The zero-order valence-corrected chi connectivity index (χ0v) is 16.3. The Balaban J connectivity index is 2.22. The first-order chi connectivity index (χ1) is 12.4. The fraction of sp³-hybridized carbons (Fsp3) is 0.263. The van der Waals surface area contributed by atoms with Crippen LogP contribution < -0.4 is 10.0 Å². The number of carbonyl (C=O) groups is 2. The SMILES string of the molecule is Cc1cccc(NS(=O)(=O)c2ccc(C(=O)NC(C)(C)C(=O)O)cc2)c1C. The fourth-order valence-electron chi connectivity index (χ4n) is 2.26. The van der Waals surface area contributed by atoms with E-state index in [1.54, 1.807) is 12.1 Å². The first kappa shape index (κ1) is 20.4. The molecule has 0 fully saturated rings. The van der Waals surface area contributed by atoms with Gasteiger partial charge in [-0.1, -0.05) is 12.1 Å². The number of hydrogen-bond acceptors (Lipinski definition) is 4. The summed E-state index contributed by atoms with van der Waals surface area (Å²) in [5.41, 5.74) is 0.998. The minimum absolute atomic E-state index is 0.00236. The molecule has 0 radical (unpaired) electrons. The summed E-state index contributed by atoms with van der Waals surface area (Å²) >= 11 is 0. The van der Waals surface area contributed by atoms with Gasteiger partial charge in [0, 0.05) is 5.56 Å². The van der Waals surface area contributed by atoms with Gasteiger partial charge in [0.15, 0.2) is 0 Å². The second kappa shape index (κ2) is 7.40. The Labute approximate surface area is 158 Å². The number of hydrogen-bond donors (Lipinski definition) is 3. The van der Waals surface area contributed by atoms with Crippen LogP contribution in [0.4, 0.5) is 5.69 Å². The predicted octanol–water partition coefficient (Wildman–Crippen LogP) is 2.70. The molecule has 0 bridgehead atoms. The van der Waals surface area contributed by atoms with E-state index in [9.17, 15) is 18.0 Å². The molecule has 0 atom stereocenters. The topological polar surface area (TPSA) is 113 Å². The molecule has 1 amide bonds. The van der Waals surface area contributed by atoms with Crippen molar-refractivity contribution in [2.75, 3.05) is 4.72 Å². The van der Waals surface area contributed by atoms with Gasteiger partial charge in [0.1, 0.15) is 5.54 Å². The van der Waals surface area contributed by atoms with E-state index in [2.05, 4.69) is 10.0 Å². The maximum atomic E-state index is 12.6. The highest BCUT2D eigenvalue weighted by molar-refractivity contribution is 7.92. The van der Waals surface area contributed by atoms with Gasteiger partial charge < -0.3 is 10.4 Å². The molecule has 144 valence electrons. The molecule has 2 rings (SSSR count). The molecular formula is C19H22N2O5S. The molecule has 0 heterocycles. The standard InChI is InChI=1S/C19H22N2O5S/c1-12-6-5-7-16(13(12)2)21-27(25,26)15-10-8-14(9-11-15)17(22)20-19(3,4)18(23)24/h5-11,21H,1-4H3,(H,20,22)(H,23,24). The molecule has 0 aromatic heterocycles. The smallest absolute Gasteiger partial charge is 0.328 e. The van der Waals surface area contributed by atoms with Crippen LogP contribution in [0.2, 0.25) is 0 Å². The number of aryl methyl sites for hydroxylation is 1. The highest BCUT2D eigenvalue weighted by Crippen LogP contribution is 2.22. The van der Waals surface area contributed by atoms with Gasteiger partial charge in [-0.05, 0) is 69.2 Å². The zero-order valence-electron chi connectivity index (χ0n) is 15.5. The second-order valence-corrected chi connectivity index (χ2v) is 8.44. The molecule has 0 aliphatic heterocycles. The van der Waals surface area contributed by atoms with E-state index in [-0.39, 0.29) is 10.5 Å². The van der Waals surface area contributed by atoms with Gasteiger partial charge in [-0.15, -0.1) is 0 Å². The van der Waals surface area contributed by atoms with Gasteiger partial charge in [0.25, 0.3) is 15.9 Å². The van der Waals surface area contributed by atoms with Crippen molar-refractivity contribution in [3.05, 3.63) is 59.2 Å². The largest absolute Gasteiger partial charge is 0.480 e. The summed E-state index contributed by atoms with van der Waals surface area (Å²) in [5.74, 6) is -1.78. The van der Waals surface area contributed by atoms with Gasteiger partial charge in [-0.3, -0.25) is 9.52 Å². The Hall–Kier alpha value is -2.87. The van der Waals surface area contributed by atoms with Crippen molar-refractivity contribution in [1.29, 1.82) is 0 Å². The van der Waals surface area contributed by atoms with Crippen LogP contribution in [0.25, 0.3) is 0 Å². The van der Waals surface area contributed by atoms with Crippen LogP contribution in [-0.4, -0.2) is 30.9 Å². The number of rotatable bonds is 6. The van der Waals surface area contributed by atoms with E-state index in [1.807, 2.05) is 19.9 Å². The Kier molecular flexibility index (Phi) is 5.60. The number of sulfonamides is 1.